The molecular formula is C14H22O4. The molecule has 2 aliphatic rings. The Hall–Kier alpha value is -1.06. The van der Waals surface area contributed by atoms with Gasteiger partial charge in [0, 0.05) is 5.92 Å². The molecular weight excluding hydrogens is 232 g/mol. The monoisotopic (exact) mass is 254 g/mol. The number of ether oxygens (including phenoxy) is 1. The van der Waals surface area contributed by atoms with Crippen LogP contribution in [0.4, 0.5) is 0 Å². The van der Waals surface area contributed by atoms with Crippen LogP contribution in [-0.4, -0.2) is 23.1 Å². The lowest BCUT2D eigenvalue weighted by atomic mass is 9.90. The van der Waals surface area contributed by atoms with Crippen LogP contribution in [0.25, 0.3) is 0 Å². The highest BCUT2D eigenvalue weighted by molar-refractivity contribution is 5.76. The number of carbonyl (C=O) groups is 2. The molecule has 2 aliphatic carbocycles. The molecule has 4 unspecified atom stereocenters. The molecule has 2 rings (SSSR count). The summed E-state index contributed by atoms with van der Waals surface area (Å²) in [6.45, 7) is 5.70. The van der Waals surface area contributed by atoms with Crippen LogP contribution in [0.3, 0.4) is 0 Å². The van der Waals surface area contributed by atoms with Gasteiger partial charge in [0.05, 0.1) is 11.3 Å². The van der Waals surface area contributed by atoms with Gasteiger partial charge in [0.15, 0.2) is 0 Å². The first kappa shape index (κ1) is 13.4. The van der Waals surface area contributed by atoms with Crippen LogP contribution in [-0.2, 0) is 14.3 Å². The quantitative estimate of drug-likeness (QED) is 0.783. The van der Waals surface area contributed by atoms with Gasteiger partial charge >= 0.3 is 11.9 Å². The lowest BCUT2D eigenvalue weighted by Gasteiger charge is -2.27. The normalized spacial score (nSPS) is 34.6. The van der Waals surface area contributed by atoms with Crippen molar-refractivity contribution in [2.45, 2.75) is 52.6 Å². The zero-order valence-electron chi connectivity index (χ0n) is 11.3. The van der Waals surface area contributed by atoms with Crippen molar-refractivity contribution in [3.8, 4) is 0 Å². The second kappa shape index (κ2) is 4.56. The zero-order valence-corrected chi connectivity index (χ0v) is 11.3. The van der Waals surface area contributed by atoms with Crippen LogP contribution in [0.15, 0.2) is 0 Å². The third-order valence-electron chi connectivity index (χ3n) is 4.83. The van der Waals surface area contributed by atoms with Gasteiger partial charge in [0.25, 0.3) is 0 Å². The summed E-state index contributed by atoms with van der Waals surface area (Å²) in [6, 6.07) is 0. The molecule has 0 aromatic rings. The maximum atomic E-state index is 12.0. The number of fused-ring (bicyclic) bond motifs is 2. The summed E-state index contributed by atoms with van der Waals surface area (Å²) >= 11 is 0. The molecule has 4 atom stereocenters. The Morgan fingerprint density at radius 1 is 1.33 bits per heavy atom. The molecule has 2 bridgehead atoms. The van der Waals surface area contributed by atoms with E-state index in [1.54, 1.807) is 0 Å². The van der Waals surface area contributed by atoms with E-state index in [0.29, 0.717) is 0 Å². The van der Waals surface area contributed by atoms with Crippen molar-refractivity contribution in [2.24, 2.45) is 23.2 Å². The molecule has 4 heteroatoms. The van der Waals surface area contributed by atoms with Crippen LogP contribution in [0.5, 0.6) is 0 Å². The van der Waals surface area contributed by atoms with E-state index in [2.05, 4.69) is 0 Å². The number of hydrogen-bond donors (Lipinski definition) is 1. The largest absolute Gasteiger partial charge is 0.481 e. The molecule has 2 fully saturated rings. The number of hydrogen-bond acceptors (Lipinski definition) is 3. The van der Waals surface area contributed by atoms with Gasteiger partial charge in [-0.15, -0.1) is 0 Å². The Bertz CT molecular complexity index is 361. The fraction of sp³-hybridized carbons (Fsp3) is 0.857. The van der Waals surface area contributed by atoms with Gasteiger partial charge < -0.3 is 9.84 Å². The van der Waals surface area contributed by atoms with Crippen molar-refractivity contribution in [1.82, 2.24) is 0 Å². The molecule has 0 aromatic carbocycles. The van der Waals surface area contributed by atoms with E-state index >= 15 is 0 Å². The van der Waals surface area contributed by atoms with Crippen molar-refractivity contribution in [3.63, 3.8) is 0 Å². The Morgan fingerprint density at radius 2 is 2.00 bits per heavy atom. The van der Waals surface area contributed by atoms with Crippen molar-refractivity contribution in [1.29, 1.82) is 0 Å². The average molecular weight is 254 g/mol. The number of rotatable bonds is 4. The summed E-state index contributed by atoms with van der Waals surface area (Å²) < 4.78 is 5.58. The fourth-order valence-electron chi connectivity index (χ4n) is 3.23. The molecule has 18 heavy (non-hydrogen) atoms. The van der Waals surface area contributed by atoms with Gasteiger partial charge in [-0.2, -0.15) is 0 Å². The summed E-state index contributed by atoms with van der Waals surface area (Å²) in [6.07, 6.45) is 3.13. The van der Waals surface area contributed by atoms with Gasteiger partial charge in [-0.25, -0.2) is 0 Å². The molecule has 0 saturated heterocycles. The van der Waals surface area contributed by atoms with Crippen LogP contribution in [0.2, 0.25) is 0 Å². The third kappa shape index (κ3) is 2.13. The minimum atomic E-state index is -0.726. The SMILES string of the molecule is CCC(C)(C)C(=O)OC1CC2CCC1C2C(=O)O. The molecule has 4 nitrogen and oxygen atoms in total. The van der Waals surface area contributed by atoms with Crippen molar-refractivity contribution >= 4 is 11.9 Å². The summed E-state index contributed by atoms with van der Waals surface area (Å²) in [5.41, 5.74) is -0.472. The highest BCUT2D eigenvalue weighted by atomic mass is 16.5. The number of esters is 1. The molecule has 102 valence electrons. The first-order chi connectivity index (χ1) is 8.36. The molecule has 0 heterocycles. The first-order valence-electron chi connectivity index (χ1n) is 6.80. The minimum Gasteiger partial charge on any atom is -0.481 e. The van der Waals surface area contributed by atoms with Crippen LogP contribution in [0, 0.1) is 23.2 Å². The maximum absolute atomic E-state index is 12.0. The van der Waals surface area contributed by atoms with E-state index in [-0.39, 0.29) is 29.8 Å². The Balaban J connectivity index is 2.01. The Morgan fingerprint density at radius 3 is 2.50 bits per heavy atom. The summed E-state index contributed by atoms with van der Waals surface area (Å²) in [5, 5.41) is 9.21. The molecule has 0 spiro atoms. The van der Waals surface area contributed by atoms with Crippen molar-refractivity contribution in [3.05, 3.63) is 0 Å². The van der Waals surface area contributed by atoms with Gasteiger partial charge in [-0.1, -0.05) is 6.92 Å². The number of aliphatic carboxylic acids is 1. The van der Waals surface area contributed by atoms with E-state index in [0.717, 1.165) is 25.7 Å². The van der Waals surface area contributed by atoms with Crippen LogP contribution >= 0.6 is 0 Å². The van der Waals surface area contributed by atoms with Gasteiger partial charge in [0.2, 0.25) is 0 Å². The van der Waals surface area contributed by atoms with E-state index in [1.165, 1.54) is 0 Å². The molecule has 2 saturated carbocycles. The first-order valence-corrected chi connectivity index (χ1v) is 6.80. The summed E-state index contributed by atoms with van der Waals surface area (Å²) in [7, 11) is 0. The van der Waals surface area contributed by atoms with E-state index in [1.807, 2.05) is 20.8 Å². The van der Waals surface area contributed by atoms with Crippen molar-refractivity contribution < 1.29 is 19.4 Å². The highest BCUT2D eigenvalue weighted by Crippen LogP contribution is 2.51. The molecule has 0 amide bonds. The van der Waals surface area contributed by atoms with Gasteiger partial charge in [-0.3, -0.25) is 9.59 Å². The standard InChI is InChI=1S/C14H22O4/c1-4-14(2,3)13(17)18-10-7-8-5-6-9(10)11(8)12(15)16/h8-11H,4-7H2,1-3H3,(H,15,16). The lowest BCUT2D eigenvalue weighted by Crippen LogP contribution is -2.33. The number of carbonyl (C=O) groups excluding carboxylic acids is 1. The number of carboxylic acid groups (broad SMARTS) is 1. The summed E-state index contributed by atoms with van der Waals surface area (Å²) in [5.74, 6) is -0.978. The number of carboxylic acids is 1. The van der Waals surface area contributed by atoms with Crippen LogP contribution in [0.1, 0.15) is 46.5 Å². The molecule has 0 radical (unpaired) electrons. The Labute approximate surface area is 108 Å². The van der Waals surface area contributed by atoms with Crippen molar-refractivity contribution in [2.75, 3.05) is 0 Å². The van der Waals surface area contributed by atoms with Gasteiger partial charge in [0.1, 0.15) is 6.10 Å². The zero-order chi connectivity index (χ0) is 13.5. The second-order valence-corrected chi connectivity index (χ2v) is 6.28. The van der Waals surface area contributed by atoms with E-state index in [9.17, 15) is 14.7 Å². The predicted octanol–water partition coefficient (Wildman–Crippen LogP) is 2.47. The van der Waals surface area contributed by atoms with Crippen LogP contribution < -0.4 is 0 Å². The van der Waals surface area contributed by atoms with E-state index in [4.69, 9.17) is 4.74 Å². The fourth-order valence-corrected chi connectivity index (χ4v) is 3.23. The molecule has 0 aromatic heterocycles. The average Bonchev–Trinajstić information content (AvgIpc) is 2.85. The third-order valence-corrected chi connectivity index (χ3v) is 4.83. The van der Waals surface area contributed by atoms with Gasteiger partial charge in [-0.05, 0) is 45.4 Å². The molecule has 0 aliphatic heterocycles. The predicted molar refractivity (Wildman–Crippen MR) is 65.9 cm³/mol. The lowest BCUT2D eigenvalue weighted by molar-refractivity contribution is -0.163. The topological polar surface area (TPSA) is 63.6 Å². The highest BCUT2D eigenvalue weighted by Gasteiger charge is 2.53. The smallest absolute Gasteiger partial charge is 0.311 e. The second-order valence-electron chi connectivity index (χ2n) is 6.28. The maximum Gasteiger partial charge on any atom is 0.311 e. The van der Waals surface area contributed by atoms with E-state index < -0.39 is 11.4 Å². The summed E-state index contributed by atoms with van der Waals surface area (Å²) in [4.78, 5) is 23.2. The minimum absolute atomic E-state index is 0.0316. The molecule has 1 N–H and O–H groups in total. The Kier molecular flexibility index (Phi) is 3.39.